The Morgan fingerprint density at radius 3 is 2.48 bits per heavy atom. The zero-order valence-electron chi connectivity index (χ0n) is 14.3. The van der Waals surface area contributed by atoms with E-state index < -0.39 is 15.6 Å². The van der Waals surface area contributed by atoms with Gasteiger partial charge in [-0.15, -0.1) is 0 Å². The van der Waals surface area contributed by atoms with Crippen molar-refractivity contribution in [2.45, 2.75) is 4.90 Å². The second-order valence-corrected chi connectivity index (χ2v) is 7.67. The van der Waals surface area contributed by atoms with Gasteiger partial charge in [0.15, 0.2) is 0 Å². The number of aromatic nitrogens is 1. The summed E-state index contributed by atoms with van der Waals surface area (Å²) in [5, 5.41) is 9.75. The molecule has 27 heavy (non-hydrogen) atoms. The maximum absolute atomic E-state index is 12.7. The zero-order chi connectivity index (χ0) is 19.3. The third kappa shape index (κ3) is 4.54. The van der Waals surface area contributed by atoms with Crippen molar-refractivity contribution >= 4 is 21.5 Å². The van der Waals surface area contributed by atoms with Crippen LogP contribution in [0.4, 0.5) is 0 Å². The minimum atomic E-state index is -2.98. The Morgan fingerprint density at radius 2 is 1.74 bits per heavy atom. The molecule has 3 aromatic rings. The number of nitrogens with zero attached hydrogens (tertiary/aromatic N) is 1. The molecule has 6 heteroatoms. The van der Waals surface area contributed by atoms with Gasteiger partial charge in [0.2, 0.25) is 0 Å². The van der Waals surface area contributed by atoms with E-state index >= 15 is 0 Å². The Labute approximate surface area is 157 Å². The summed E-state index contributed by atoms with van der Waals surface area (Å²) in [6, 6.07) is 16.8. The van der Waals surface area contributed by atoms with Gasteiger partial charge in [-0.05, 0) is 36.2 Å². The first kappa shape index (κ1) is 18.2. The molecular formula is C21H16N2O3S. The molecule has 1 atom stereocenters. The van der Waals surface area contributed by atoms with Crippen LogP contribution in [0.15, 0.2) is 78.0 Å². The Kier molecular flexibility index (Phi) is 5.25. The van der Waals surface area contributed by atoms with Crippen molar-refractivity contribution in [1.82, 2.24) is 9.71 Å². The number of carbonyl (C=O) groups excluding carboxylic acids is 1. The molecule has 1 heterocycles. The summed E-state index contributed by atoms with van der Waals surface area (Å²) in [4.78, 5) is 16.9. The number of para-hydroxylation sites is 1. The monoisotopic (exact) mass is 376 g/mol. The Bertz CT molecular complexity index is 1140. The standard InChI is InChI=1S/C21H16N2O3S/c1-27(26,19-8-3-2-4-9-19)23-21(25)18-13-16(14-22-15-18)11-12-17-7-5-6-10-20(17)24/h2-10,13-15,24H,1H2,(H,23,25,26). The molecular weight excluding hydrogens is 360 g/mol. The first-order valence-electron chi connectivity index (χ1n) is 7.95. The van der Waals surface area contributed by atoms with Crippen LogP contribution in [0.3, 0.4) is 0 Å². The predicted molar refractivity (Wildman–Crippen MR) is 106 cm³/mol. The summed E-state index contributed by atoms with van der Waals surface area (Å²) in [5.74, 6) is 8.83. The molecule has 1 amide bonds. The number of phenolic OH excluding ortho intramolecular Hbond substituents is 1. The Morgan fingerprint density at radius 1 is 1.04 bits per heavy atom. The summed E-state index contributed by atoms with van der Waals surface area (Å²) in [6.07, 6.45) is 2.86. The lowest BCUT2D eigenvalue weighted by Crippen LogP contribution is -2.30. The lowest BCUT2D eigenvalue weighted by atomic mass is 10.1. The van der Waals surface area contributed by atoms with Gasteiger partial charge in [0.25, 0.3) is 5.91 Å². The highest BCUT2D eigenvalue weighted by molar-refractivity contribution is 7.99. The molecule has 1 unspecified atom stereocenters. The van der Waals surface area contributed by atoms with E-state index in [-0.39, 0.29) is 11.3 Å². The number of phenols is 1. The van der Waals surface area contributed by atoms with Crippen LogP contribution in [0.5, 0.6) is 5.75 Å². The minimum Gasteiger partial charge on any atom is -0.507 e. The summed E-state index contributed by atoms with van der Waals surface area (Å²) >= 11 is 0. The molecule has 0 bridgehead atoms. The van der Waals surface area contributed by atoms with Crippen molar-refractivity contribution in [1.29, 1.82) is 0 Å². The van der Waals surface area contributed by atoms with Gasteiger partial charge in [-0.25, -0.2) is 4.21 Å². The van der Waals surface area contributed by atoms with E-state index in [1.54, 1.807) is 54.6 Å². The van der Waals surface area contributed by atoms with Crippen LogP contribution in [0.1, 0.15) is 21.5 Å². The highest BCUT2D eigenvalue weighted by atomic mass is 32.2. The first-order chi connectivity index (χ1) is 13.0. The van der Waals surface area contributed by atoms with Crippen molar-refractivity contribution in [3.63, 3.8) is 0 Å². The molecule has 0 saturated heterocycles. The van der Waals surface area contributed by atoms with Gasteiger partial charge in [0.05, 0.1) is 20.8 Å². The molecule has 0 saturated carbocycles. The lowest BCUT2D eigenvalue weighted by molar-refractivity contribution is 0.0982. The summed E-state index contributed by atoms with van der Waals surface area (Å²) in [5.41, 5.74) is 1.17. The molecule has 0 aliphatic carbocycles. The van der Waals surface area contributed by atoms with E-state index in [4.69, 9.17) is 0 Å². The molecule has 0 fully saturated rings. The van der Waals surface area contributed by atoms with Gasteiger partial charge in [-0.1, -0.05) is 42.2 Å². The third-order valence-corrected chi connectivity index (χ3v) is 5.18. The largest absolute Gasteiger partial charge is 0.507 e. The van der Waals surface area contributed by atoms with Crippen LogP contribution in [0.25, 0.3) is 0 Å². The highest BCUT2D eigenvalue weighted by Gasteiger charge is 2.13. The average Bonchev–Trinajstić information content (AvgIpc) is 2.68. The van der Waals surface area contributed by atoms with E-state index in [0.717, 1.165) is 0 Å². The number of nitrogens with one attached hydrogen (secondary N) is 1. The molecule has 0 aliphatic heterocycles. The third-order valence-electron chi connectivity index (χ3n) is 3.63. The lowest BCUT2D eigenvalue weighted by Gasteiger charge is -2.11. The quantitative estimate of drug-likeness (QED) is 0.544. The molecule has 0 aliphatic rings. The Hall–Kier alpha value is -3.56. The molecule has 0 spiro atoms. The minimum absolute atomic E-state index is 0.0755. The molecule has 3 rings (SSSR count). The maximum Gasteiger partial charge on any atom is 0.264 e. The second-order valence-electron chi connectivity index (χ2n) is 5.65. The van der Waals surface area contributed by atoms with Gasteiger partial charge in [-0.2, -0.15) is 0 Å². The number of rotatable bonds is 3. The fraction of sp³-hybridized carbons (Fsp3) is 0. The first-order valence-corrected chi connectivity index (χ1v) is 9.68. The molecule has 0 radical (unpaired) electrons. The smallest absolute Gasteiger partial charge is 0.264 e. The SMILES string of the molecule is C=S(=O)(NC(=O)c1cncc(C#Cc2ccccc2O)c1)c1ccccc1. The zero-order valence-corrected chi connectivity index (χ0v) is 15.1. The van der Waals surface area contributed by atoms with Crippen LogP contribution in [0, 0.1) is 11.8 Å². The number of hydrogen-bond donors (Lipinski definition) is 2. The van der Waals surface area contributed by atoms with Crippen molar-refractivity contribution in [3.8, 4) is 17.6 Å². The number of carbonyl (C=O) groups is 1. The van der Waals surface area contributed by atoms with Gasteiger partial charge in [0.1, 0.15) is 5.75 Å². The van der Waals surface area contributed by atoms with E-state index in [9.17, 15) is 14.1 Å². The van der Waals surface area contributed by atoms with Crippen LogP contribution in [-0.4, -0.2) is 26.1 Å². The van der Waals surface area contributed by atoms with Crippen LogP contribution in [-0.2, 0) is 9.71 Å². The summed E-state index contributed by atoms with van der Waals surface area (Å²) < 4.78 is 15.1. The molecule has 5 nitrogen and oxygen atoms in total. The van der Waals surface area contributed by atoms with Crippen molar-refractivity contribution in [2.75, 3.05) is 0 Å². The van der Waals surface area contributed by atoms with Gasteiger partial charge >= 0.3 is 0 Å². The normalized spacial score (nSPS) is 12.3. The average molecular weight is 376 g/mol. The summed E-state index contributed by atoms with van der Waals surface area (Å²) in [7, 11) is -2.98. The van der Waals surface area contributed by atoms with Crippen molar-refractivity contribution in [2.24, 2.45) is 0 Å². The molecule has 2 aromatic carbocycles. The van der Waals surface area contributed by atoms with Gasteiger partial charge in [-0.3, -0.25) is 14.5 Å². The van der Waals surface area contributed by atoms with E-state index in [1.807, 2.05) is 0 Å². The highest BCUT2D eigenvalue weighted by Crippen LogP contribution is 2.14. The molecule has 1 aromatic heterocycles. The van der Waals surface area contributed by atoms with E-state index in [0.29, 0.717) is 16.0 Å². The second kappa shape index (κ2) is 7.77. The topological polar surface area (TPSA) is 79.3 Å². The fourth-order valence-electron chi connectivity index (χ4n) is 2.26. The molecule has 134 valence electrons. The number of hydrogen-bond acceptors (Lipinski definition) is 4. The number of amides is 1. The molecule has 2 N–H and O–H groups in total. The maximum atomic E-state index is 12.7. The Balaban J connectivity index is 1.82. The number of aromatic hydroxyl groups is 1. The van der Waals surface area contributed by atoms with Crippen molar-refractivity contribution in [3.05, 3.63) is 89.7 Å². The van der Waals surface area contributed by atoms with E-state index in [1.165, 1.54) is 18.5 Å². The summed E-state index contributed by atoms with van der Waals surface area (Å²) in [6.45, 7) is 0. The van der Waals surface area contributed by atoms with Crippen LogP contribution in [0.2, 0.25) is 0 Å². The number of benzene rings is 2. The van der Waals surface area contributed by atoms with Crippen LogP contribution < -0.4 is 4.72 Å². The van der Waals surface area contributed by atoms with Crippen LogP contribution >= 0.6 is 0 Å². The van der Waals surface area contributed by atoms with Crippen molar-refractivity contribution < 1.29 is 14.1 Å². The number of pyridine rings is 1. The van der Waals surface area contributed by atoms with Gasteiger partial charge in [0, 0.05) is 22.9 Å². The fourth-order valence-corrected chi connectivity index (χ4v) is 3.39. The van der Waals surface area contributed by atoms with E-state index in [2.05, 4.69) is 27.4 Å². The predicted octanol–water partition coefficient (Wildman–Crippen LogP) is 2.61. The van der Waals surface area contributed by atoms with Gasteiger partial charge < -0.3 is 5.11 Å².